The number of hydrogen-bond donors (Lipinski definition) is 1. The van der Waals surface area contributed by atoms with E-state index in [0.717, 1.165) is 12.8 Å². The Labute approximate surface area is 126 Å². The van der Waals surface area contributed by atoms with Crippen LogP contribution in [0.4, 0.5) is 0 Å². The van der Waals surface area contributed by atoms with Crippen LogP contribution in [0, 0.1) is 5.41 Å². The number of rotatable bonds is 2. The van der Waals surface area contributed by atoms with Gasteiger partial charge in [0.15, 0.2) is 0 Å². The third-order valence-corrected chi connectivity index (χ3v) is 7.13. The molecule has 1 aliphatic heterocycles. The zero-order chi connectivity index (χ0) is 14.9. The lowest BCUT2D eigenvalue weighted by Gasteiger charge is -2.43. The number of sulfonamides is 1. The minimum absolute atomic E-state index is 0.0320. The Balaban J connectivity index is 1.76. The summed E-state index contributed by atoms with van der Waals surface area (Å²) >= 11 is 0. The summed E-state index contributed by atoms with van der Waals surface area (Å²) in [5, 5.41) is 9.81. The highest BCUT2D eigenvalue weighted by molar-refractivity contribution is 7.89. The van der Waals surface area contributed by atoms with Gasteiger partial charge in [-0.25, -0.2) is 8.42 Å². The molecule has 0 aromatic heterocycles. The van der Waals surface area contributed by atoms with E-state index in [1.165, 1.54) is 44.2 Å². The van der Waals surface area contributed by atoms with Crippen LogP contribution in [-0.2, 0) is 10.0 Å². The van der Waals surface area contributed by atoms with Crippen LogP contribution >= 0.6 is 0 Å². The molecule has 3 rings (SSSR count). The molecular formula is C16H23NO3S. The summed E-state index contributed by atoms with van der Waals surface area (Å²) in [7, 11) is -3.56. The van der Waals surface area contributed by atoms with Crippen LogP contribution in [0.5, 0.6) is 5.75 Å². The van der Waals surface area contributed by atoms with Gasteiger partial charge in [-0.3, -0.25) is 0 Å². The van der Waals surface area contributed by atoms with Crippen molar-refractivity contribution < 1.29 is 13.5 Å². The predicted molar refractivity (Wildman–Crippen MR) is 81.6 cm³/mol. The highest BCUT2D eigenvalue weighted by atomic mass is 32.2. The van der Waals surface area contributed by atoms with Crippen LogP contribution in [0.2, 0.25) is 0 Å². The van der Waals surface area contributed by atoms with Crippen molar-refractivity contribution >= 4 is 10.0 Å². The van der Waals surface area contributed by atoms with Crippen LogP contribution in [0.15, 0.2) is 29.2 Å². The van der Waals surface area contributed by atoms with E-state index in [9.17, 15) is 13.5 Å². The quantitative estimate of drug-likeness (QED) is 0.913. The first-order valence-corrected chi connectivity index (χ1v) is 9.26. The summed E-state index contributed by atoms with van der Waals surface area (Å²) in [5.41, 5.74) is 0.378. The summed E-state index contributed by atoms with van der Waals surface area (Å²) < 4.78 is 26.8. The number of hydrogen-bond acceptors (Lipinski definition) is 3. The smallest absolute Gasteiger partial charge is 0.246 e. The van der Waals surface area contributed by atoms with E-state index in [1.54, 1.807) is 16.4 Å². The Hall–Kier alpha value is -1.07. The zero-order valence-corrected chi connectivity index (χ0v) is 13.1. The standard InChI is InChI=1S/C16H23NO3S/c18-14-6-2-3-7-15(14)21(19,20)17-12-10-16(11-13-17)8-4-1-5-9-16/h2-3,6-7,18H,1,4-5,8-13H2. The molecule has 21 heavy (non-hydrogen) atoms. The van der Waals surface area contributed by atoms with E-state index in [-0.39, 0.29) is 10.6 Å². The van der Waals surface area contributed by atoms with Gasteiger partial charge in [0.2, 0.25) is 10.0 Å². The maximum absolute atomic E-state index is 12.6. The fourth-order valence-electron chi connectivity index (χ4n) is 3.82. The summed E-state index contributed by atoms with van der Waals surface area (Å²) in [6.45, 7) is 1.16. The second-order valence-electron chi connectivity index (χ2n) is 6.43. The molecule has 0 bridgehead atoms. The lowest BCUT2D eigenvalue weighted by molar-refractivity contribution is 0.102. The van der Waals surface area contributed by atoms with Gasteiger partial charge in [-0.1, -0.05) is 31.4 Å². The third kappa shape index (κ3) is 2.81. The summed E-state index contributed by atoms with van der Waals surface area (Å²) in [4.78, 5) is 0.0320. The number of aromatic hydroxyl groups is 1. The monoisotopic (exact) mass is 309 g/mol. The zero-order valence-electron chi connectivity index (χ0n) is 12.3. The maximum Gasteiger partial charge on any atom is 0.246 e. The Bertz CT molecular complexity index is 596. The average Bonchev–Trinajstić information content (AvgIpc) is 2.49. The van der Waals surface area contributed by atoms with Crippen molar-refractivity contribution in [2.24, 2.45) is 5.41 Å². The number of phenolic OH excluding ortho intramolecular Hbond substituents is 1. The second-order valence-corrected chi connectivity index (χ2v) is 8.34. The van der Waals surface area contributed by atoms with E-state index in [4.69, 9.17) is 0 Å². The number of phenols is 1. The summed E-state index contributed by atoms with van der Waals surface area (Å²) in [5.74, 6) is -0.157. The molecule has 5 heteroatoms. The maximum atomic E-state index is 12.6. The van der Waals surface area contributed by atoms with Crippen LogP contribution in [0.1, 0.15) is 44.9 Å². The number of nitrogens with zero attached hydrogens (tertiary/aromatic N) is 1. The summed E-state index contributed by atoms with van der Waals surface area (Å²) in [6, 6.07) is 6.20. The van der Waals surface area contributed by atoms with Crippen LogP contribution in [0.3, 0.4) is 0 Å². The summed E-state index contributed by atoms with van der Waals surface area (Å²) in [6.07, 6.45) is 8.30. The molecule has 1 aromatic carbocycles. The SMILES string of the molecule is O=S(=O)(c1ccccc1O)N1CCC2(CCCCC2)CC1. The molecule has 2 fully saturated rings. The third-order valence-electron chi connectivity index (χ3n) is 5.18. The molecule has 4 nitrogen and oxygen atoms in total. The molecular weight excluding hydrogens is 286 g/mol. The molecule has 1 saturated carbocycles. The number of para-hydroxylation sites is 1. The molecule has 1 N–H and O–H groups in total. The number of benzene rings is 1. The van der Waals surface area contributed by atoms with Crippen molar-refractivity contribution in [3.05, 3.63) is 24.3 Å². The van der Waals surface area contributed by atoms with Crippen LogP contribution < -0.4 is 0 Å². The highest BCUT2D eigenvalue weighted by Gasteiger charge is 2.39. The molecule has 1 saturated heterocycles. The fraction of sp³-hybridized carbons (Fsp3) is 0.625. The normalized spacial score (nSPS) is 23.2. The molecule has 0 amide bonds. The molecule has 1 heterocycles. The van der Waals surface area contributed by atoms with Gasteiger partial charge in [0, 0.05) is 13.1 Å². The van der Waals surface area contributed by atoms with Crippen molar-refractivity contribution in [1.82, 2.24) is 4.31 Å². The Morgan fingerprint density at radius 3 is 2.19 bits per heavy atom. The van der Waals surface area contributed by atoms with Gasteiger partial charge in [0.1, 0.15) is 10.6 Å². The van der Waals surface area contributed by atoms with E-state index in [2.05, 4.69) is 0 Å². The van der Waals surface area contributed by atoms with Crippen molar-refractivity contribution in [2.75, 3.05) is 13.1 Å². The van der Waals surface area contributed by atoms with Crippen molar-refractivity contribution in [1.29, 1.82) is 0 Å². The fourth-order valence-corrected chi connectivity index (χ4v) is 5.34. The van der Waals surface area contributed by atoms with E-state index in [1.807, 2.05) is 0 Å². The van der Waals surface area contributed by atoms with Crippen molar-refractivity contribution in [3.63, 3.8) is 0 Å². The van der Waals surface area contributed by atoms with Gasteiger partial charge in [-0.15, -0.1) is 0 Å². The minimum atomic E-state index is -3.56. The lowest BCUT2D eigenvalue weighted by atomic mass is 9.68. The van der Waals surface area contributed by atoms with Crippen LogP contribution in [0.25, 0.3) is 0 Å². The molecule has 0 unspecified atom stereocenters. The predicted octanol–water partition coefficient (Wildman–Crippen LogP) is 3.13. The molecule has 1 aliphatic carbocycles. The van der Waals surface area contributed by atoms with Gasteiger partial charge in [0.25, 0.3) is 0 Å². The topological polar surface area (TPSA) is 57.6 Å². The van der Waals surface area contributed by atoms with Gasteiger partial charge in [-0.2, -0.15) is 4.31 Å². The van der Waals surface area contributed by atoms with Crippen molar-refractivity contribution in [2.45, 2.75) is 49.8 Å². The van der Waals surface area contributed by atoms with Gasteiger partial charge in [-0.05, 0) is 43.2 Å². The molecule has 1 spiro atoms. The van der Waals surface area contributed by atoms with E-state index in [0.29, 0.717) is 18.5 Å². The van der Waals surface area contributed by atoms with E-state index >= 15 is 0 Å². The molecule has 2 aliphatic rings. The minimum Gasteiger partial charge on any atom is -0.507 e. The molecule has 116 valence electrons. The molecule has 1 aromatic rings. The van der Waals surface area contributed by atoms with E-state index < -0.39 is 10.0 Å². The Morgan fingerprint density at radius 2 is 1.57 bits per heavy atom. The Kier molecular flexibility index (Phi) is 3.97. The van der Waals surface area contributed by atoms with Gasteiger partial charge >= 0.3 is 0 Å². The Morgan fingerprint density at radius 1 is 0.952 bits per heavy atom. The highest BCUT2D eigenvalue weighted by Crippen LogP contribution is 2.45. The molecule has 0 radical (unpaired) electrons. The number of piperidine rings is 1. The van der Waals surface area contributed by atoms with Gasteiger partial charge < -0.3 is 5.11 Å². The van der Waals surface area contributed by atoms with Crippen LogP contribution in [-0.4, -0.2) is 30.9 Å². The van der Waals surface area contributed by atoms with Gasteiger partial charge in [0.05, 0.1) is 0 Å². The second kappa shape index (κ2) is 5.61. The first-order chi connectivity index (χ1) is 10.0. The largest absolute Gasteiger partial charge is 0.507 e. The lowest BCUT2D eigenvalue weighted by Crippen LogP contribution is -2.43. The first-order valence-electron chi connectivity index (χ1n) is 7.82. The van der Waals surface area contributed by atoms with Crippen molar-refractivity contribution in [3.8, 4) is 5.75 Å². The first kappa shape index (κ1) is 14.9. The average molecular weight is 309 g/mol. The molecule has 0 atom stereocenters.